The van der Waals surface area contributed by atoms with Crippen LogP contribution in [0.4, 0.5) is 0 Å². The van der Waals surface area contributed by atoms with Gasteiger partial charge in [-0.1, -0.05) is 37.7 Å². The van der Waals surface area contributed by atoms with E-state index in [9.17, 15) is 9.59 Å². The molecule has 0 aliphatic carbocycles. The number of benzene rings is 2. The minimum Gasteiger partial charge on any atom is -0.497 e. The van der Waals surface area contributed by atoms with Crippen molar-refractivity contribution in [2.75, 3.05) is 20.0 Å². The van der Waals surface area contributed by atoms with Crippen LogP contribution in [0.1, 0.15) is 24.2 Å². The highest BCUT2D eigenvalue weighted by Gasteiger charge is 2.17. The predicted octanol–water partition coefficient (Wildman–Crippen LogP) is 4.04. The number of hydrogen-bond acceptors (Lipinski definition) is 6. The normalized spacial score (nSPS) is 11.1. The molecule has 1 heterocycles. The average Bonchev–Trinajstić information content (AvgIpc) is 2.73. The molecule has 0 saturated heterocycles. The number of hydrogen-bond donors (Lipinski definition) is 0. The lowest BCUT2D eigenvalue weighted by Crippen LogP contribution is -2.25. The van der Waals surface area contributed by atoms with Crippen LogP contribution >= 0.6 is 11.8 Å². The zero-order chi connectivity index (χ0) is 21.0. The van der Waals surface area contributed by atoms with E-state index in [2.05, 4.69) is 4.98 Å². The van der Waals surface area contributed by atoms with Crippen LogP contribution in [-0.2, 0) is 6.54 Å². The first-order valence-electron chi connectivity index (χ1n) is 9.32. The molecule has 7 heteroatoms. The maximum absolute atomic E-state index is 13.0. The molecule has 2 aromatic carbocycles. The highest BCUT2D eigenvalue weighted by molar-refractivity contribution is 7.99. The van der Waals surface area contributed by atoms with Gasteiger partial charge in [-0.05, 0) is 36.2 Å². The maximum atomic E-state index is 13.0. The summed E-state index contributed by atoms with van der Waals surface area (Å²) >= 11 is 1.26. The second kappa shape index (κ2) is 9.13. The van der Waals surface area contributed by atoms with E-state index >= 15 is 0 Å². The Labute approximate surface area is 173 Å². The number of nitrogens with zero attached hydrogens (tertiary/aromatic N) is 2. The Balaban J connectivity index is 1.94. The first-order valence-corrected chi connectivity index (χ1v) is 10.3. The van der Waals surface area contributed by atoms with E-state index in [0.29, 0.717) is 39.7 Å². The van der Waals surface area contributed by atoms with Gasteiger partial charge in [-0.25, -0.2) is 4.98 Å². The maximum Gasteiger partial charge on any atom is 0.262 e. The van der Waals surface area contributed by atoms with Crippen LogP contribution in [0, 0.1) is 5.92 Å². The summed E-state index contributed by atoms with van der Waals surface area (Å²) in [6.45, 7) is 4.63. The van der Waals surface area contributed by atoms with Gasteiger partial charge in [0.2, 0.25) is 0 Å². The molecule has 29 heavy (non-hydrogen) atoms. The molecule has 0 radical (unpaired) electrons. The molecule has 152 valence electrons. The van der Waals surface area contributed by atoms with E-state index < -0.39 is 0 Å². The first-order chi connectivity index (χ1) is 13.9. The number of carbonyl (C=O) groups excluding carboxylic acids is 1. The van der Waals surface area contributed by atoms with E-state index in [-0.39, 0.29) is 23.0 Å². The Morgan fingerprint density at radius 1 is 1.14 bits per heavy atom. The SMILES string of the molecule is COc1ccc(OC)c(C(=O)CSc2nc3ccccc3c(=O)n2CC(C)C)c1. The van der Waals surface area contributed by atoms with Gasteiger partial charge in [-0.15, -0.1) is 0 Å². The van der Waals surface area contributed by atoms with Gasteiger partial charge in [0.25, 0.3) is 5.56 Å². The fraction of sp³-hybridized carbons (Fsp3) is 0.318. The largest absolute Gasteiger partial charge is 0.497 e. The number of para-hydroxylation sites is 1. The average molecular weight is 413 g/mol. The number of methoxy groups -OCH3 is 2. The van der Waals surface area contributed by atoms with Crippen LogP contribution in [0.25, 0.3) is 10.9 Å². The quantitative estimate of drug-likeness (QED) is 0.316. The Bertz CT molecular complexity index is 1090. The molecule has 6 nitrogen and oxygen atoms in total. The third kappa shape index (κ3) is 4.62. The highest BCUT2D eigenvalue weighted by Crippen LogP contribution is 2.27. The number of fused-ring (bicyclic) bond motifs is 1. The molecule has 0 aliphatic heterocycles. The standard InChI is InChI=1S/C22H24N2O4S/c1-14(2)12-24-21(26)16-7-5-6-8-18(16)23-22(24)29-13-19(25)17-11-15(27-3)9-10-20(17)28-4/h5-11,14H,12-13H2,1-4H3. The van der Waals surface area contributed by atoms with Gasteiger partial charge in [-0.3, -0.25) is 14.2 Å². The number of aromatic nitrogens is 2. The molecular weight excluding hydrogens is 388 g/mol. The molecule has 1 aromatic heterocycles. The minimum absolute atomic E-state index is 0.0850. The van der Waals surface area contributed by atoms with Gasteiger partial charge in [0.15, 0.2) is 10.9 Å². The summed E-state index contributed by atoms with van der Waals surface area (Å²) in [6, 6.07) is 12.4. The van der Waals surface area contributed by atoms with Crippen molar-refractivity contribution in [3.05, 3.63) is 58.4 Å². The molecule has 0 spiro atoms. The Morgan fingerprint density at radius 2 is 1.90 bits per heavy atom. The monoisotopic (exact) mass is 412 g/mol. The van der Waals surface area contributed by atoms with Gasteiger partial charge < -0.3 is 9.47 Å². The first kappa shape index (κ1) is 20.9. The zero-order valence-corrected chi connectivity index (χ0v) is 17.8. The van der Waals surface area contributed by atoms with Crippen LogP contribution in [-0.4, -0.2) is 35.3 Å². The van der Waals surface area contributed by atoms with E-state index in [1.807, 2.05) is 32.0 Å². The minimum atomic E-state index is -0.121. The van der Waals surface area contributed by atoms with Gasteiger partial charge in [-0.2, -0.15) is 0 Å². The second-order valence-corrected chi connectivity index (χ2v) is 7.94. The van der Waals surface area contributed by atoms with Crippen LogP contribution in [0.15, 0.2) is 52.4 Å². The van der Waals surface area contributed by atoms with Crippen LogP contribution in [0.2, 0.25) is 0 Å². The Kier molecular flexibility index (Phi) is 6.59. The lowest BCUT2D eigenvalue weighted by atomic mass is 10.1. The number of ketones is 1. The van der Waals surface area contributed by atoms with Gasteiger partial charge in [0, 0.05) is 6.54 Å². The van der Waals surface area contributed by atoms with Crippen molar-refractivity contribution in [1.29, 1.82) is 0 Å². The molecular formula is C22H24N2O4S. The summed E-state index contributed by atoms with van der Waals surface area (Å²) in [5.41, 5.74) is 0.988. The molecule has 0 saturated carbocycles. The summed E-state index contributed by atoms with van der Waals surface area (Å²) in [7, 11) is 3.07. The van der Waals surface area contributed by atoms with Crippen molar-refractivity contribution in [2.45, 2.75) is 25.5 Å². The summed E-state index contributed by atoms with van der Waals surface area (Å²) < 4.78 is 12.2. The van der Waals surface area contributed by atoms with Crippen molar-refractivity contribution in [1.82, 2.24) is 9.55 Å². The number of carbonyl (C=O) groups is 1. The molecule has 0 aliphatic rings. The number of thioether (sulfide) groups is 1. The summed E-state index contributed by atoms with van der Waals surface area (Å²) in [5.74, 6) is 1.35. The molecule has 0 fully saturated rings. The van der Waals surface area contributed by atoms with Crippen LogP contribution < -0.4 is 15.0 Å². The van der Waals surface area contributed by atoms with E-state index in [1.54, 1.807) is 35.9 Å². The molecule has 0 atom stereocenters. The Hall–Kier alpha value is -2.80. The summed E-state index contributed by atoms with van der Waals surface area (Å²) in [4.78, 5) is 30.5. The zero-order valence-electron chi connectivity index (χ0n) is 17.0. The van der Waals surface area contributed by atoms with Crippen molar-refractivity contribution in [3.8, 4) is 11.5 Å². The predicted molar refractivity (Wildman–Crippen MR) is 115 cm³/mol. The smallest absolute Gasteiger partial charge is 0.262 e. The Morgan fingerprint density at radius 3 is 2.59 bits per heavy atom. The molecule has 3 rings (SSSR count). The topological polar surface area (TPSA) is 70.4 Å². The molecule has 0 amide bonds. The highest BCUT2D eigenvalue weighted by atomic mass is 32.2. The van der Waals surface area contributed by atoms with E-state index in [4.69, 9.17) is 9.47 Å². The van der Waals surface area contributed by atoms with Crippen molar-refractivity contribution < 1.29 is 14.3 Å². The van der Waals surface area contributed by atoms with E-state index in [1.165, 1.54) is 18.9 Å². The molecule has 3 aromatic rings. The van der Waals surface area contributed by atoms with Gasteiger partial charge >= 0.3 is 0 Å². The van der Waals surface area contributed by atoms with Crippen molar-refractivity contribution in [2.24, 2.45) is 5.92 Å². The molecule has 0 bridgehead atoms. The number of Topliss-reactive ketones (excluding diaryl/α,β-unsaturated/α-hetero) is 1. The van der Waals surface area contributed by atoms with Crippen molar-refractivity contribution in [3.63, 3.8) is 0 Å². The van der Waals surface area contributed by atoms with Crippen LogP contribution in [0.5, 0.6) is 11.5 Å². The summed E-state index contributed by atoms with van der Waals surface area (Å²) in [6.07, 6.45) is 0. The van der Waals surface area contributed by atoms with Crippen molar-refractivity contribution >= 4 is 28.4 Å². The lowest BCUT2D eigenvalue weighted by Gasteiger charge is -2.15. The fourth-order valence-electron chi connectivity index (χ4n) is 3.02. The number of ether oxygens (including phenoxy) is 2. The fourth-order valence-corrected chi connectivity index (χ4v) is 3.92. The molecule has 0 N–H and O–H groups in total. The number of rotatable bonds is 8. The second-order valence-electron chi connectivity index (χ2n) is 7.00. The van der Waals surface area contributed by atoms with E-state index in [0.717, 1.165) is 0 Å². The van der Waals surface area contributed by atoms with Gasteiger partial charge in [0.1, 0.15) is 11.5 Å². The van der Waals surface area contributed by atoms with Crippen LogP contribution in [0.3, 0.4) is 0 Å². The summed E-state index contributed by atoms with van der Waals surface area (Å²) in [5, 5.41) is 1.12. The third-order valence-corrected chi connectivity index (χ3v) is 5.39. The lowest BCUT2D eigenvalue weighted by molar-refractivity contribution is 0.101. The third-order valence-electron chi connectivity index (χ3n) is 4.41. The van der Waals surface area contributed by atoms with Gasteiger partial charge in [0.05, 0.1) is 36.4 Å². The molecule has 0 unspecified atom stereocenters.